The number of carbonyl (C=O) groups is 3. The molecule has 0 aliphatic heterocycles. The van der Waals surface area contributed by atoms with E-state index in [0.717, 1.165) is 4.90 Å². The number of nitrogens with one attached hydrogen (secondary N) is 2. The molecule has 3 rings (SSSR count). The van der Waals surface area contributed by atoms with E-state index in [1.54, 1.807) is 67.6 Å². The van der Waals surface area contributed by atoms with Gasteiger partial charge in [-0.05, 0) is 61.5 Å². The van der Waals surface area contributed by atoms with E-state index in [4.69, 9.17) is 11.6 Å². The van der Waals surface area contributed by atoms with Gasteiger partial charge in [-0.25, -0.2) is 4.79 Å². The molecule has 3 aromatic rings. The lowest BCUT2D eigenvalue weighted by atomic mass is 10.1. The molecule has 6 nitrogen and oxygen atoms in total. The number of rotatable bonds is 7. The lowest BCUT2D eigenvalue weighted by Gasteiger charge is -2.13. The highest BCUT2D eigenvalue weighted by Crippen LogP contribution is 2.26. The summed E-state index contributed by atoms with van der Waals surface area (Å²) in [5, 5.41) is 14.9. The third-order valence-electron chi connectivity index (χ3n) is 4.29. The molecule has 0 aliphatic carbocycles. The smallest absolute Gasteiger partial charge is 0.336 e. The summed E-state index contributed by atoms with van der Waals surface area (Å²) < 4.78 is 0. The summed E-state index contributed by atoms with van der Waals surface area (Å²) in [4.78, 5) is 37.0. The van der Waals surface area contributed by atoms with Crippen molar-refractivity contribution in [1.82, 2.24) is 0 Å². The first kappa shape index (κ1) is 22.4. The largest absolute Gasteiger partial charge is 0.478 e. The second-order valence-electron chi connectivity index (χ2n) is 6.59. The molecule has 0 saturated carbocycles. The van der Waals surface area contributed by atoms with Gasteiger partial charge >= 0.3 is 5.97 Å². The third-order valence-corrected chi connectivity index (χ3v) is 5.64. The fourth-order valence-corrected chi connectivity index (χ4v) is 3.81. The maximum Gasteiger partial charge on any atom is 0.336 e. The van der Waals surface area contributed by atoms with E-state index in [0.29, 0.717) is 16.4 Å². The minimum absolute atomic E-state index is 0.0632. The first-order chi connectivity index (χ1) is 14.8. The SMILES string of the molecule is CC(Sc1ccc(NC(=O)c2ccccc2C(=O)O)cc1)C(=O)Nc1cccc(Cl)c1. The number of carboxylic acid groups (broad SMARTS) is 1. The number of hydrogen-bond acceptors (Lipinski definition) is 4. The molecular formula is C23H19ClN2O4S. The third kappa shape index (κ3) is 6.10. The van der Waals surface area contributed by atoms with E-state index < -0.39 is 11.9 Å². The summed E-state index contributed by atoms with van der Waals surface area (Å²) in [5.74, 6) is -1.83. The highest BCUT2D eigenvalue weighted by atomic mass is 35.5. The zero-order valence-electron chi connectivity index (χ0n) is 16.5. The lowest BCUT2D eigenvalue weighted by molar-refractivity contribution is -0.115. The van der Waals surface area contributed by atoms with Crippen LogP contribution in [-0.2, 0) is 4.79 Å². The standard InChI is InChI=1S/C23H19ClN2O4S/c1-14(21(27)26-17-6-4-5-15(24)13-17)31-18-11-9-16(10-12-18)25-22(28)19-7-2-3-8-20(19)23(29)30/h2-14H,1H3,(H,25,28)(H,26,27)(H,29,30). The van der Waals surface area contributed by atoms with E-state index in [-0.39, 0.29) is 22.3 Å². The number of benzene rings is 3. The molecule has 0 radical (unpaired) electrons. The molecule has 3 aromatic carbocycles. The Labute approximate surface area is 188 Å². The Morgan fingerprint density at radius 1 is 0.871 bits per heavy atom. The molecule has 0 spiro atoms. The van der Waals surface area contributed by atoms with Gasteiger partial charge in [-0.3, -0.25) is 9.59 Å². The van der Waals surface area contributed by atoms with Gasteiger partial charge in [0.2, 0.25) is 5.91 Å². The first-order valence-electron chi connectivity index (χ1n) is 9.30. The van der Waals surface area contributed by atoms with Gasteiger partial charge in [0.05, 0.1) is 16.4 Å². The summed E-state index contributed by atoms with van der Waals surface area (Å²) in [6, 6.07) is 19.9. The molecule has 0 saturated heterocycles. The maximum atomic E-state index is 12.4. The highest BCUT2D eigenvalue weighted by Gasteiger charge is 2.17. The van der Waals surface area contributed by atoms with Gasteiger partial charge in [0, 0.05) is 21.3 Å². The Kier molecular flexibility index (Phi) is 7.33. The lowest BCUT2D eigenvalue weighted by Crippen LogP contribution is -2.22. The minimum atomic E-state index is -1.16. The van der Waals surface area contributed by atoms with Gasteiger partial charge in [0.1, 0.15) is 0 Å². The highest BCUT2D eigenvalue weighted by molar-refractivity contribution is 8.00. The minimum Gasteiger partial charge on any atom is -0.478 e. The van der Waals surface area contributed by atoms with Crippen LogP contribution in [0.4, 0.5) is 11.4 Å². The molecule has 0 bridgehead atoms. The molecular weight excluding hydrogens is 436 g/mol. The van der Waals surface area contributed by atoms with Crippen LogP contribution in [0.15, 0.2) is 77.7 Å². The molecule has 158 valence electrons. The number of hydrogen-bond donors (Lipinski definition) is 3. The fourth-order valence-electron chi connectivity index (χ4n) is 2.75. The van der Waals surface area contributed by atoms with Crippen LogP contribution in [0.3, 0.4) is 0 Å². The Hall–Kier alpha value is -3.29. The molecule has 8 heteroatoms. The maximum absolute atomic E-state index is 12.4. The Morgan fingerprint density at radius 2 is 1.55 bits per heavy atom. The van der Waals surface area contributed by atoms with Crippen LogP contribution < -0.4 is 10.6 Å². The number of carboxylic acids is 1. The van der Waals surface area contributed by atoms with Crippen molar-refractivity contribution in [3.8, 4) is 0 Å². The molecule has 0 heterocycles. The number of aromatic carboxylic acids is 1. The number of anilines is 2. The van der Waals surface area contributed by atoms with Crippen LogP contribution in [-0.4, -0.2) is 28.1 Å². The van der Waals surface area contributed by atoms with Gasteiger partial charge in [0.15, 0.2) is 0 Å². The number of thioether (sulfide) groups is 1. The van der Waals surface area contributed by atoms with Crippen LogP contribution >= 0.6 is 23.4 Å². The summed E-state index contributed by atoms with van der Waals surface area (Å²) in [7, 11) is 0. The van der Waals surface area contributed by atoms with Crippen LogP contribution in [0.25, 0.3) is 0 Å². The normalized spacial score (nSPS) is 11.4. The van der Waals surface area contributed by atoms with Crippen molar-refractivity contribution in [2.45, 2.75) is 17.1 Å². The van der Waals surface area contributed by atoms with E-state index in [9.17, 15) is 19.5 Å². The second-order valence-corrected chi connectivity index (χ2v) is 8.44. The van der Waals surface area contributed by atoms with Crippen molar-refractivity contribution in [3.63, 3.8) is 0 Å². The molecule has 1 unspecified atom stereocenters. The molecule has 3 N–H and O–H groups in total. The van der Waals surface area contributed by atoms with Crippen molar-refractivity contribution in [1.29, 1.82) is 0 Å². The van der Waals surface area contributed by atoms with E-state index in [1.807, 2.05) is 0 Å². The zero-order chi connectivity index (χ0) is 22.4. The van der Waals surface area contributed by atoms with E-state index in [2.05, 4.69) is 10.6 Å². The van der Waals surface area contributed by atoms with Crippen LogP contribution in [0.2, 0.25) is 5.02 Å². The van der Waals surface area contributed by atoms with Crippen molar-refractivity contribution in [2.75, 3.05) is 10.6 Å². The predicted molar refractivity (Wildman–Crippen MR) is 123 cm³/mol. The number of carbonyl (C=O) groups excluding carboxylic acids is 2. The Bertz CT molecular complexity index is 1120. The summed E-state index contributed by atoms with van der Waals surface area (Å²) in [6.07, 6.45) is 0. The van der Waals surface area contributed by atoms with Crippen molar-refractivity contribution < 1.29 is 19.5 Å². The van der Waals surface area contributed by atoms with Gasteiger partial charge in [-0.15, -0.1) is 11.8 Å². The van der Waals surface area contributed by atoms with Crippen molar-refractivity contribution >= 4 is 52.5 Å². The van der Waals surface area contributed by atoms with E-state index >= 15 is 0 Å². The molecule has 0 fully saturated rings. The molecule has 0 aliphatic rings. The summed E-state index contributed by atoms with van der Waals surface area (Å²) in [5.41, 5.74) is 1.17. The molecule has 0 aromatic heterocycles. The van der Waals surface area contributed by atoms with E-state index in [1.165, 1.54) is 23.9 Å². The summed E-state index contributed by atoms with van der Waals surface area (Å²) in [6.45, 7) is 1.79. The summed E-state index contributed by atoms with van der Waals surface area (Å²) >= 11 is 7.31. The quantitative estimate of drug-likeness (QED) is 0.415. The van der Waals surface area contributed by atoms with Gasteiger partial charge in [0.25, 0.3) is 5.91 Å². The second kappa shape index (κ2) is 10.1. The van der Waals surface area contributed by atoms with Gasteiger partial charge in [-0.1, -0.05) is 29.8 Å². The van der Waals surface area contributed by atoms with Gasteiger partial charge < -0.3 is 15.7 Å². The average molecular weight is 455 g/mol. The fraction of sp³-hybridized carbons (Fsp3) is 0.0870. The van der Waals surface area contributed by atoms with Crippen LogP contribution in [0, 0.1) is 0 Å². The monoisotopic (exact) mass is 454 g/mol. The topological polar surface area (TPSA) is 95.5 Å². The number of amides is 2. The molecule has 31 heavy (non-hydrogen) atoms. The Morgan fingerprint density at radius 3 is 2.19 bits per heavy atom. The first-order valence-corrected chi connectivity index (χ1v) is 10.6. The molecule has 1 atom stereocenters. The van der Waals surface area contributed by atoms with Crippen LogP contribution in [0.5, 0.6) is 0 Å². The predicted octanol–water partition coefficient (Wildman–Crippen LogP) is 5.41. The average Bonchev–Trinajstić information content (AvgIpc) is 2.75. The Balaban J connectivity index is 1.60. The van der Waals surface area contributed by atoms with Crippen LogP contribution in [0.1, 0.15) is 27.6 Å². The molecule has 2 amide bonds. The number of halogens is 1. The zero-order valence-corrected chi connectivity index (χ0v) is 18.0. The van der Waals surface area contributed by atoms with Crippen molar-refractivity contribution in [3.05, 3.63) is 88.9 Å². The van der Waals surface area contributed by atoms with Gasteiger partial charge in [-0.2, -0.15) is 0 Å². The van der Waals surface area contributed by atoms with Crippen molar-refractivity contribution in [2.24, 2.45) is 0 Å².